The molecule has 0 radical (unpaired) electrons. The maximum Gasteiger partial charge on any atom is 0.243 e. The number of carbonyl (C=O) groups is 1. The molecular weight excluding hydrogens is 314 g/mol. The minimum Gasteiger partial charge on any atom is -0.340 e. The van der Waals surface area contributed by atoms with E-state index in [1.165, 1.54) is 16.4 Å². The van der Waals surface area contributed by atoms with Gasteiger partial charge >= 0.3 is 0 Å². The molecule has 1 amide bonds. The predicted octanol–water partition coefficient (Wildman–Crippen LogP) is 0.522. The van der Waals surface area contributed by atoms with Gasteiger partial charge in [0.15, 0.2) is 0 Å². The number of hydrogen-bond acceptors (Lipinski definition) is 4. The second-order valence-corrected chi connectivity index (χ2v) is 7.15. The second kappa shape index (κ2) is 6.74. The molecule has 0 saturated carbocycles. The molecule has 0 spiro atoms. The van der Waals surface area contributed by atoms with E-state index in [0.29, 0.717) is 44.2 Å². The normalized spacial score (nSPS) is 17.0. The van der Waals surface area contributed by atoms with Gasteiger partial charge in [0.2, 0.25) is 15.9 Å². The van der Waals surface area contributed by atoms with E-state index < -0.39 is 10.0 Å². The molecule has 0 atom stereocenters. The van der Waals surface area contributed by atoms with Gasteiger partial charge in [-0.05, 0) is 24.3 Å². The molecule has 21 heavy (non-hydrogen) atoms. The van der Waals surface area contributed by atoms with Crippen molar-refractivity contribution >= 4 is 27.5 Å². The summed E-state index contributed by atoms with van der Waals surface area (Å²) in [6.45, 7) is 1.68. The van der Waals surface area contributed by atoms with Gasteiger partial charge in [-0.25, -0.2) is 8.42 Å². The lowest BCUT2D eigenvalue weighted by Crippen LogP contribution is -2.50. The summed E-state index contributed by atoms with van der Waals surface area (Å²) < 4.78 is 26.3. The molecule has 1 aromatic carbocycles. The Morgan fingerprint density at radius 1 is 1.14 bits per heavy atom. The maximum atomic E-state index is 12.5. The summed E-state index contributed by atoms with van der Waals surface area (Å²) in [4.78, 5) is 13.6. The van der Waals surface area contributed by atoms with Crippen molar-refractivity contribution in [3.63, 3.8) is 0 Å². The summed E-state index contributed by atoms with van der Waals surface area (Å²) in [5, 5.41) is 0.492. The van der Waals surface area contributed by atoms with E-state index >= 15 is 0 Å². The maximum absolute atomic E-state index is 12.5. The first-order valence-electron chi connectivity index (χ1n) is 6.68. The molecule has 8 heteroatoms. The molecule has 1 aliphatic rings. The number of sulfonamides is 1. The predicted molar refractivity (Wildman–Crippen MR) is 80.5 cm³/mol. The summed E-state index contributed by atoms with van der Waals surface area (Å²) in [6, 6.07) is 6.08. The minimum atomic E-state index is -3.53. The molecule has 1 fully saturated rings. The summed E-state index contributed by atoms with van der Waals surface area (Å²) in [7, 11) is -3.53. The summed E-state index contributed by atoms with van der Waals surface area (Å²) >= 11 is 5.77. The first kappa shape index (κ1) is 16.2. The number of nitrogens with two attached hydrogens (primary N) is 1. The highest BCUT2D eigenvalue weighted by atomic mass is 35.5. The highest BCUT2D eigenvalue weighted by Crippen LogP contribution is 2.19. The molecule has 116 valence electrons. The van der Waals surface area contributed by atoms with Crippen molar-refractivity contribution < 1.29 is 13.2 Å². The SMILES string of the molecule is NCCC(=O)N1CCN(S(=O)(=O)c2ccc(Cl)cc2)CC1. The number of amides is 1. The average Bonchev–Trinajstić information content (AvgIpc) is 2.48. The number of rotatable bonds is 4. The summed E-state index contributed by atoms with van der Waals surface area (Å²) in [6.07, 6.45) is 0.296. The van der Waals surface area contributed by atoms with Crippen LogP contribution in [0.4, 0.5) is 0 Å². The molecule has 6 nitrogen and oxygen atoms in total. The quantitative estimate of drug-likeness (QED) is 0.872. The average molecular weight is 332 g/mol. The number of carbonyl (C=O) groups excluding carboxylic acids is 1. The fourth-order valence-corrected chi connectivity index (χ4v) is 3.76. The minimum absolute atomic E-state index is 0.0268. The third-order valence-corrected chi connectivity index (χ3v) is 5.57. The summed E-state index contributed by atoms with van der Waals surface area (Å²) in [5.41, 5.74) is 5.36. The van der Waals surface area contributed by atoms with Crippen LogP contribution >= 0.6 is 11.6 Å². The third kappa shape index (κ3) is 3.74. The van der Waals surface area contributed by atoms with Gasteiger partial charge in [0, 0.05) is 44.2 Å². The number of piperazine rings is 1. The zero-order valence-corrected chi connectivity index (χ0v) is 13.1. The highest BCUT2D eigenvalue weighted by molar-refractivity contribution is 7.89. The van der Waals surface area contributed by atoms with Crippen LogP contribution in [0, 0.1) is 0 Å². The highest BCUT2D eigenvalue weighted by Gasteiger charge is 2.29. The van der Waals surface area contributed by atoms with Gasteiger partial charge in [-0.3, -0.25) is 4.79 Å². The Morgan fingerprint density at radius 3 is 2.24 bits per heavy atom. The lowest BCUT2D eigenvalue weighted by Gasteiger charge is -2.34. The number of benzene rings is 1. The van der Waals surface area contributed by atoms with Crippen LogP contribution in [0.5, 0.6) is 0 Å². The molecule has 2 N–H and O–H groups in total. The molecule has 0 aliphatic carbocycles. The lowest BCUT2D eigenvalue weighted by atomic mass is 10.3. The van der Waals surface area contributed by atoms with Crippen LogP contribution in [-0.2, 0) is 14.8 Å². The number of halogens is 1. The van der Waals surface area contributed by atoms with Gasteiger partial charge in [0.25, 0.3) is 0 Å². The van der Waals surface area contributed by atoms with Crippen LogP contribution in [0.2, 0.25) is 5.02 Å². The third-order valence-electron chi connectivity index (χ3n) is 3.40. The van der Waals surface area contributed by atoms with Crippen molar-refractivity contribution in [3.05, 3.63) is 29.3 Å². The molecule has 2 rings (SSSR count). The largest absolute Gasteiger partial charge is 0.340 e. The van der Waals surface area contributed by atoms with Crippen molar-refractivity contribution in [3.8, 4) is 0 Å². The van der Waals surface area contributed by atoms with Crippen molar-refractivity contribution in [1.29, 1.82) is 0 Å². The Labute approximate surface area is 129 Å². The van der Waals surface area contributed by atoms with E-state index in [4.69, 9.17) is 17.3 Å². The smallest absolute Gasteiger partial charge is 0.243 e. The van der Waals surface area contributed by atoms with E-state index in [-0.39, 0.29) is 10.8 Å². The van der Waals surface area contributed by atoms with Crippen LogP contribution in [0.15, 0.2) is 29.2 Å². The zero-order chi connectivity index (χ0) is 15.5. The Morgan fingerprint density at radius 2 is 1.71 bits per heavy atom. The van der Waals surface area contributed by atoms with Gasteiger partial charge < -0.3 is 10.6 Å². The Kier molecular flexibility index (Phi) is 5.21. The fourth-order valence-electron chi connectivity index (χ4n) is 2.22. The first-order chi connectivity index (χ1) is 9.95. The molecule has 1 aromatic rings. The van der Waals surface area contributed by atoms with Crippen molar-refractivity contribution in [2.24, 2.45) is 5.73 Å². The molecule has 0 bridgehead atoms. The first-order valence-corrected chi connectivity index (χ1v) is 8.50. The van der Waals surface area contributed by atoms with Gasteiger partial charge in [-0.15, -0.1) is 0 Å². The second-order valence-electron chi connectivity index (χ2n) is 4.78. The molecule has 0 aromatic heterocycles. The standard InChI is InChI=1S/C13H18ClN3O3S/c14-11-1-3-12(4-2-11)21(19,20)17-9-7-16(8-10-17)13(18)5-6-15/h1-4H,5-10,15H2. The van der Waals surface area contributed by atoms with Crippen LogP contribution in [-0.4, -0.2) is 56.3 Å². The Bertz CT molecular complexity index is 596. The van der Waals surface area contributed by atoms with Gasteiger partial charge in [0.05, 0.1) is 4.90 Å². The van der Waals surface area contributed by atoms with E-state index in [2.05, 4.69) is 0 Å². The van der Waals surface area contributed by atoms with Crippen LogP contribution in [0.3, 0.4) is 0 Å². The van der Waals surface area contributed by atoms with Gasteiger partial charge in [-0.2, -0.15) is 4.31 Å². The fraction of sp³-hybridized carbons (Fsp3) is 0.462. The van der Waals surface area contributed by atoms with Gasteiger partial charge in [-0.1, -0.05) is 11.6 Å². The van der Waals surface area contributed by atoms with Crippen molar-refractivity contribution in [2.75, 3.05) is 32.7 Å². The van der Waals surface area contributed by atoms with Gasteiger partial charge in [0.1, 0.15) is 0 Å². The topological polar surface area (TPSA) is 83.7 Å². The lowest BCUT2D eigenvalue weighted by molar-refractivity contribution is -0.132. The molecule has 1 heterocycles. The Balaban J connectivity index is 2.04. The van der Waals surface area contributed by atoms with Crippen LogP contribution in [0.1, 0.15) is 6.42 Å². The summed E-state index contributed by atoms with van der Waals surface area (Å²) in [5.74, 6) is -0.0268. The molecule has 0 unspecified atom stereocenters. The number of nitrogens with zero attached hydrogens (tertiary/aromatic N) is 2. The molecule has 1 aliphatic heterocycles. The Hall–Kier alpha value is -1.15. The molecular formula is C13H18ClN3O3S. The monoisotopic (exact) mass is 331 g/mol. The van der Waals surface area contributed by atoms with Crippen LogP contribution < -0.4 is 5.73 Å². The van der Waals surface area contributed by atoms with E-state index in [9.17, 15) is 13.2 Å². The van der Waals surface area contributed by atoms with E-state index in [1.54, 1.807) is 17.0 Å². The van der Waals surface area contributed by atoms with Crippen molar-refractivity contribution in [1.82, 2.24) is 9.21 Å². The van der Waals surface area contributed by atoms with Crippen LogP contribution in [0.25, 0.3) is 0 Å². The van der Waals surface area contributed by atoms with E-state index in [0.717, 1.165) is 0 Å². The zero-order valence-electron chi connectivity index (χ0n) is 11.5. The number of hydrogen-bond donors (Lipinski definition) is 1. The van der Waals surface area contributed by atoms with E-state index in [1.807, 2.05) is 0 Å². The van der Waals surface area contributed by atoms with Crippen molar-refractivity contribution in [2.45, 2.75) is 11.3 Å². The molecule has 1 saturated heterocycles.